The van der Waals surface area contributed by atoms with Crippen LogP contribution in [0.4, 0.5) is 0 Å². The average Bonchev–Trinajstić information content (AvgIpc) is 2.44. The van der Waals surface area contributed by atoms with Gasteiger partial charge in [-0.2, -0.15) is 0 Å². The van der Waals surface area contributed by atoms with Crippen LogP contribution in [0, 0.1) is 0 Å². The van der Waals surface area contributed by atoms with Crippen molar-refractivity contribution in [1.82, 2.24) is 5.32 Å². The quantitative estimate of drug-likeness (QED) is 0.923. The zero-order chi connectivity index (χ0) is 14.8. The molecule has 2 rings (SSSR count). The lowest BCUT2D eigenvalue weighted by Gasteiger charge is -2.23. The van der Waals surface area contributed by atoms with E-state index in [1.165, 1.54) is 0 Å². The Morgan fingerprint density at radius 1 is 1.20 bits per heavy atom. The molecule has 0 fully saturated rings. The van der Waals surface area contributed by atoms with E-state index in [-0.39, 0.29) is 11.5 Å². The number of carbonyl (C=O) groups excluding carboxylic acids is 1. The predicted molar refractivity (Wildman–Crippen MR) is 85.1 cm³/mol. The lowest BCUT2D eigenvalue weighted by molar-refractivity contribution is 0.0229. The highest BCUT2D eigenvalue weighted by atomic mass is 79.9. The molecule has 0 bridgehead atoms. The number of fused-ring (bicyclic) bond motifs is 1. The summed E-state index contributed by atoms with van der Waals surface area (Å²) in [6.45, 7) is 4.34. The van der Waals surface area contributed by atoms with E-state index in [9.17, 15) is 4.79 Å². The van der Waals surface area contributed by atoms with Crippen LogP contribution in [0.1, 0.15) is 24.2 Å². The van der Waals surface area contributed by atoms with Gasteiger partial charge < -0.3 is 10.1 Å². The first-order valence-corrected chi connectivity index (χ1v) is 7.23. The minimum Gasteiger partial charge on any atom is -0.377 e. The summed E-state index contributed by atoms with van der Waals surface area (Å²) >= 11 is 3.44. The Hall–Kier alpha value is -1.39. The van der Waals surface area contributed by atoms with Crippen LogP contribution in [0.25, 0.3) is 10.8 Å². The summed E-state index contributed by atoms with van der Waals surface area (Å²) in [7, 11) is 1.64. The van der Waals surface area contributed by atoms with E-state index in [1.54, 1.807) is 7.11 Å². The monoisotopic (exact) mass is 335 g/mol. The van der Waals surface area contributed by atoms with Crippen LogP contribution in [0.3, 0.4) is 0 Å². The first-order chi connectivity index (χ1) is 9.41. The van der Waals surface area contributed by atoms with Gasteiger partial charge >= 0.3 is 0 Å². The second-order valence-electron chi connectivity index (χ2n) is 5.35. The molecule has 0 aliphatic rings. The molecule has 0 saturated heterocycles. The average molecular weight is 336 g/mol. The topological polar surface area (TPSA) is 38.3 Å². The molecule has 0 atom stereocenters. The number of rotatable bonds is 4. The molecule has 0 aliphatic carbocycles. The van der Waals surface area contributed by atoms with Gasteiger partial charge in [0.05, 0.1) is 5.60 Å². The zero-order valence-electron chi connectivity index (χ0n) is 11.9. The van der Waals surface area contributed by atoms with Gasteiger partial charge in [-0.3, -0.25) is 4.79 Å². The Bertz CT molecular complexity index is 637. The van der Waals surface area contributed by atoms with Crippen molar-refractivity contribution in [3.8, 4) is 0 Å². The molecule has 0 aliphatic heterocycles. The van der Waals surface area contributed by atoms with Crippen LogP contribution in [0.15, 0.2) is 40.9 Å². The highest BCUT2D eigenvalue weighted by Crippen LogP contribution is 2.21. The van der Waals surface area contributed by atoms with Crippen molar-refractivity contribution >= 4 is 32.6 Å². The highest BCUT2D eigenvalue weighted by Gasteiger charge is 2.17. The van der Waals surface area contributed by atoms with E-state index in [2.05, 4.69) is 21.2 Å². The van der Waals surface area contributed by atoms with E-state index in [0.717, 1.165) is 15.2 Å². The number of benzene rings is 2. The Labute approximate surface area is 127 Å². The maximum absolute atomic E-state index is 12.1. The number of carbonyl (C=O) groups is 1. The van der Waals surface area contributed by atoms with E-state index in [4.69, 9.17) is 4.74 Å². The second-order valence-corrected chi connectivity index (χ2v) is 6.27. The maximum Gasteiger partial charge on any atom is 0.251 e. The van der Waals surface area contributed by atoms with Crippen LogP contribution < -0.4 is 5.32 Å². The van der Waals surface area contributed by atoms with Crippen molar-refractivity contribution < 1.29 is 9.53 Å². The summed E-state index contributed by atoms with van der Waals surface area (Å²) in [5.74, 6) is -0.0834. The molecule has 0 radical (unpaired) electrons. The summed E-state index contributed by atoms with van der Waals surface area (Å²) in [4.78, 5) is 12.1. The largest absolute Gasteiger partial charge is 0.377 e. The minimum absolute atomic E-state index is 0.0834. The number of nitrogens with one attached hydrogen (secondary N) is 1. The van der Waals surface area contributed by atoms with Crippen LogP contribution in [-0.2, 0) is 4.74 Å². The van der Waals surface area contributed by atoms with Crippen molar-refractivity contribution in [1.29, 1.82) is 0 Å². The number of hydrogen-bond donors (Lipinski definition) is 1. The van der Waals surface area contributed by atoms with Gasteiger partial charge in [-0.15, -0.1) is 0 Å². The van der Waals surface area contributed by atoms with Crippen LogP contribution >= 0.6 is 15.9 Å². The van der Waals surface area contributed by atoms with Crippen molar-refractivity contribution in [2.45, 2.75) is 19.4 Å². The first kappa shape index (κ1) is 15.0. The molecule has 2 aromatic carbocycles. The number of amides is 1. The first-order valence-electron chi connectivity index (χ1n) is 6.44. The summed E-state index contributed by atoms with van der Waals surface area (Å²) < 4.78 is 6.32. The Balaban J connectivity index is 2.16. The smallest absolute Gasteiger partial charge is 0.251 e. The van der Waals surface area contributed by atoms with Crippen LogP contribution in [0.2, 0.25) is 0 Å². The van der Waals surface area contributed by atoms with E-state index < -0.39 is 0 Å². The molecule has 106 valence electrons. The van der Waals surface area contributed by atoms with Gasteiger partial charge in [-0.1, -0.05) is 28.1 Å². The van der Waals surface area contributed by atoms with Gasteiger partial charge in [-0.05, 0) is 48.9 Å². The summed E-state index contributed by atoms with van der Waals surface area (Å²) in [5, 5.41) is 5.05. The molecule has 3 nitrogen and oxygen atoms in total. The molecule has 2 aromatic rings. The summed E-state index contributed by atoms with van der Waals surface area (Å²) in [6, 6.07) is 11.7. The molecule has 0 saturated carbocycles. The fraction of sp³-hybridized carbons (Fsp3) is 0.312. The van der Waals surface area contributed by atoms with E-state index in [1.807, 2.05) is 50.2 Å². The molecule has 20 heavy (non-hydrogen) atoms. The molecular formula is C16H18BrNO2. The third kappa shape index (κ3) is 3.58. The lowest BCUT2D eigenvalue weighted by atomic mass is 10.1. The molecule has 1 N–H and O–H groups in total. The van der Waals surface area contributed by atoms with Gasteiger partial charge in [0.15, 0.2) is 0 Å². The number of halogens is 1. The van der Waals surface area contributed by atoms with Crippen molar-refractivity contribution in [2.75, 3.05) is 13.7 Å². The number of ether oxygens (including phenoxy) is 1. The SMILES string of the molecule is COC(C)(C)CNC(=O)c1ccc2cc(Br)ccc2c1. The molecule has 0 aromatic heterocycles. The molecular weight excluding hydrogens is 318 g/mol. The third-order valence-electron chi connectivity index (χ3n) is 3.29. The molecule has 4 heteroatoms. The molecule has 0 spiro atoms. The van der Waals surface area contributed by atoms with Crippen LogP contribution in [0.5, 0.6) is 0 Å². The molecule has 0 heterocycles. The van der Waals surface area contributed by atoms with Crippen molar-refractivity contribution in [3.05, 3.63) is 46.4 Å². The fourth-order valence-corrected chi connectivity index (χ4v) is 2.20. The molecule has 1 amide bonds. The van der Waals surface area contributed by atoms with Crippen molar-refractivity contribution in [3.63, 3.8) is 0 Å². The van der Waals surface area contributed by atoms with Crippen molar-refractivity contribution in [2.24, 2.45) is 0 Å². The minimum atomic E-state index is -0.364. The van der Waals surface area contributed by atoms with E-state index >= 15 is 0 Å². The van der Waals surface area contributed by atoms with Gasteiger partial charge in [-0.25, -0.2) is 0 Å². The standard InChI is InChI=1S/C16H18BrNO2/c1-16(2,20-3)10-18-15(19)13-5-4-12-9-14(17)7-6-11(12)8-13/h4-9H,10H2,1-3H3,(H,18,19). The van der Waals surface area contributed by atoms with E-state index in [0.29, 0.717) is 12.1 Å². The second kappa shape index (κ2) is 5.94. The third-order valence-corrected chi connectivity index (χ3v) is 3.78. The maximum atomic E-state index is 12.1. The van der Waals surface area contributed by atoms with Gasteiger partial charge in [0, 0.05) is 23.7 Å². The Morgan fingerprint density at radius 3 is 2.55 bits per heavy atom. The highest BCUT2D eigenvalue weighted by molar-refractivity contribution is 9.10. The van der Waals surface area contributed by atoms with Gasteiger partial charge in [0.2, 0.25) is 0 Å². The normalized spacial score (nSPS) is 11.6. The summed E-state index contributed by atoms with van der Waals surface area (Å²) in [6.07, 6.45) is 0. The zero-order valence-corrected chi connectivity index (χ0v) is 13.5. The predicted octanol–water partition coefficient (Wildman–Crippen LogP) is 3.76. The van der Waals surface area contributed by atoms with Gasteiger partial charge in [0.1, 0.15) is 0 Å². The van der Waals surface area contributed by atoms with Crippen LogP contribution in [-0.4, -0.2) is 25.2 Å². The molecule has 0 unspecified atom stereocenters. The fourth-order valence-electron chi connectivity index (χ4n) is 1.83. The number of methoxy groups -OCH3 is 1. The number of hydrogen-bond acceptors (Lipinski definition) is 2. The Morgan fingerprint density at radius 2 is 1.85 bits per heavy atom. The Kier molecular flexibility index (Phi) is 4.45. The van der Waals surface area contributed by atoms with Gasteiger partial charge in [0.25, 0.3) is 5.91 Å². The summed E-state index contributed by atoms with van der Waals surface area (Å²) in [5.41, 5.74) is 0.295. The lowest BCUT2D eigenvalue weighted by Crippen LogP contribution is -2.39.